The maximum atomic E-state index is 6.22. The van der Waals surface area contributed by atoms with Gasteiger partial charge in [0.25, 0.3) is 0 Å². The zero-order chi connectivity index (χ0) is 20.6. The summed E-state index contributed by atoms with van der Waals surface area (Å²) >= 11 is 10.3. The second-order valence-electron chi connectivity index (χ2n) is 9.15. The molecule has 2 rings (SSSR count). The fourth-order valence-corrected chi connectivity index (χ4v) is 4.76. The van der Waals surface area contributed by atoms with Crippen LogP contribution in [0.4, 0.5) is 0 Å². The molecule has 152 valence electrons. The summed E-state index contributed by atoms with van der Waals surface area (Å²) in [6, 6.07) is 12.4. The predicted octanol–water partition coefficient (Wildman–Crippen LogP) is 7.13. The second-order valence-corrected chi connectivity index (χ2v) is 14.3. The molecule has 0 atom stereocenters. The standard InChI is InChI=1S/C22H31O2PS2.Pb/c1-15-9-11-17(21(3,4)5)19(13-15)23-25(26,27)24-20-14-16(2)10-12-18(20)22(6,7)8;/h9-14H,1-8H3,(H,26,27);. The first-order chi connectivity index (χ1) is 12.2. The van der Waals surface area contributed by atoms with Crippen LogP contribution in [0.5, 0.6) is 11.5 Å². The van der Waals surface area contributed by atoms with Crippen molar-refractivity contribution in [1.29, 1.82) is 0 Å². The molecule has 0 aliphatic heterocycles. The summed E-state index contributed by atoms with van der Waals surface area (Å²) in [7, 11) is 0. The molecule has 0 heterocycles. The van der Waals surface area contributed by atoms with Crippen LogP contribution in [0, 0.1) is 13.8 Å². The Bertz CT molecular complexity index is 814. The van der Waals surface area contributed by atoms with Gasteiger partial charge in [0.1, 0.15) is 11.5 Å². The monoisotopic (exact) mass is 630 g/mol. The van der Waals surface area contributed by atoms with Crippen LogP contribution >= 0.6 is 17.9 Å². The van der Waals surface area contributed by atoms with Crippen LogP contribution in [0.1, 0.15) is 63.8 Å². The molecule has 0 saturated carbocycles. The van der Waals surface area contributed by atoms with Crippen LogP contribution in [0.3, 0.4) is 0 Å². The van der Waals surface area contributed by atoms with Crippen molar-refractivity contribution >= 4 is 57.0 Å². The third-order valence-electron chi connectivity index (χ3n) is 4.32. The molecule has 0 N–H and O–H groups in total. The fraction of sp³-hybridized carbons (Fsp3) is 0.455. The molecule has 0 aromatic heterocycles. The Labute approximate surface area is 201 Å². The van der Waals surface area contributed by atoms with Gasteiger partial charge in [-0.2, -0.15) is 0 Å². The van der Waals surface area contributed by atoms with E-state index in [1.807, 2.05) is 26.0 Å². The molecule has 0 bridgehead atoms. The summed E-state index contributed by atoms with van der Waals surface area (Å²) in [5, 5.41) is 0. The zero-order valence-corrected chi connectivity index (χ0v) is 24.6. The average molecular weight is 630 g/mol. The van der Waals surface area contributed by atoms with E-state index < -0.39 is 5.69 Å². The Morgan fingerprint density at radius 3 is 1.36 bits per heavy atom. The van der Waals surface area contributed by atoms with Crippen LogP contribution in [-0.2, 0) is 22.6 Å². The molecule has 2 aromatic carbocycles. The molecular formula is C22H31O2PPbS2. The fourth-order valence-electron chi connectivity index (χ4n) is 2.92. The molecule has 0 fully saturated rings. The van der Waals surface area contributed by atoms with Crippen molar-refractivity contribution in [3.63, 3.8) is 0 Å². The van der Waals surface area contributed by atoms with E-state index in [2.05, 4.69) is 78.1 Å². The van der Waals surface area contributed by atoms with E-state index in [4.69, 9.17) is 20.9 Å². The average Bonchev–Trinajstić information content (AvgIpc) is 2.43. The maximum Gasteiger partial charge on any atom is 0.345 e. The van der Waals surface area contributed by atoms with Gasteiger partial charge in [-0.15, -0.1) is 0 Å². The van der Waals surface area contributed by atoms with Crippen molar-refractivity contribution in [3.8, 4) is 11.5 Å². The summed E-state index contributed by atoms with van der Waals surface area (Å²) < 4.78 is 12.4. The molecule has 0 aliphatic carbocycles. The minimum atomic E-state index is -2.84. The molecule has 2 aromatic rings. The van der Waals surface area contributed by atoms with E-state index in [0.29, 0.717) is 0 Å². The Balaban J connectivity index is 0.00000392. The van der Waals surface area contributed by atoms with Gasteiger partial charge in [-0.3, -0.25) is 0 Å². The molecule has 0 saturated heterocycles. The van der Waals surface area contributed by atoms with E-state index in [-0.39, 0.29) is 38.1 Å². The SMILES string of the molecule is Cc1ccc(C(C)(C)C)c(OP(=S)(S)Oc2cc(C)ccc2C(C)(C)C)c1.[Pb]. The van der Waals surface area contributed by atoms with E-state index in [1.54, 1.807) is 0 Å². The number of aryl methyl sites for hydroxylation is 2. The smallest absolute Gasteiger partial charge is 0.345 e. The summed E-state index contributed by atoms with van der Waals surface area (Å²) in [6.07, 6.45) is 0. The minimum Gasteiger partial charge on any atom is -0.428 e. The van der Waals surface area contributed by atoms with E-state index in [0.717, 1.165) is 33.8 Å². The summed E-state index contributed by atoms with van der Waals surface area (Å²) in [5.41, 5.74) is 1.46. The van der Waals surface area contributed by atoms with Crippen molar-refractivity contribution in [3.05, 3.63) is 58.7 Å². The van der Waals surface area contributed by atoms with Crippen molar-refractivity contribution in [2.45, 2.75) is 66.2 Å². The number of hydrogen-bond donors (Lipinski definition) is 1. The van der Waals surface area contributed by atoms with Gasteiger partial charge in [-0.05, 0) is 59.7 Å². The first-order valence-electron chi connectivity index (χ1n) is 9.13. The normalized spacial score (nSPS) is 12.3. The van der Waals surface area contributed by atoms with E-state index in [9.17, 15) is 0 Å². The number of thiol groups is 1. The molecule has 0 unspecified atom stereocenters. The van der Waals surface area contributed by atoms with Crippen molar-refractivity contribution in [1.82, 2.24) is 0 Å². The predicted molar refractivity (Wildman–Crippen MR) is 130 cm³/mol. The van der Waals surface area contributed by atoms with Gasteiger partial charge in [0.05, 0.1) is 0 Å². The molecule has 4 radical (unpaired) electrons. The quantitative estimate of drug-likeness (QED) is 0.221. The van der Waals surface area contributed by atoms with Gasteiger partial charge in [0.2, 0.25) is 0 Å². The first kappa shape index (κ1) is 26.0. The Morgan fingerprint density at radius 2 is 1.07 bits per heavy atom. The Hall–Kier alpha value is -0.0379. The van der Waals surface area contributed by atoms with Crippen LogP contribution < -0.4 is 9.05 Å². The van der Waals surface area contributed by atoms with Gasteiger partial charge in [-0.25, -0.2) is 0 Å². The largest absolute Gasteiger partial charge is 0.428 e. The van der Waals surface area contributed by atoms with E-state index >= 15 is 0 Å². The van der Waals surface area contributed by atoms with Crippen LogP contribution in [0.15, 0.2) is 36.4 Å². The van der Waals surface area contributed by atoms with Crippen LogP contribution in [0.25, 0.3) is 0 Å². The van der Waals surface area contributed by atoms with Gasteiger partial charge in [-0.1, -0.05) is 78.1 Å². The molecular weight excluding hydrogens is 599 g/mol. The second kappa shape index (κ2) is 9.40. The third kappa shape index (κ3) is 7.03. The molecule has 0 spiro atoms. The Morgan fingerprint density at radius 1 is 0.750 bits per heavy atom. The van der Waals surface area contributed by atoms with E-state index in [1.165, 1.54) is 0 Å². The molecule has 0 aliphatic rings. The van der Waals surface area contributed by atoms with Gasteiger partial charge in [0.15, 0.2) is 0 Å². The molecule has 6 heteroatoms. The molecule has 0 amide bonds. The third-order valence-corrected chi connectivity index (χ3v) is 6.11. The van der Waals surface area contributed by atoms with Gasteiger partial charge < -0.3 is 9.05 Å². The first-order valence-corrected chi connectivity index (χ1v) is 12.9. The summed E-state index contributed by atoms with van der Waals surface area (Å²) in [6.45, 7) is 17.0. The summed E-state index contributed by atoms with van der Waals surface area (Å²) in [4.78, 5) is 0. The molecule has 28 heavy (non-hydrogen) atoms. The van der Waals surface area contributed by atoms with Crippen LogP contribution in [-0.4, -0.2) is 27.3 Å². The van der Waals surface area contributed by atoms with Gasteiger partial charge >= 0.3 is 5.69 Å². The summed E-state index contributed by atoms with van der Waals surface area (Å²) in [5.74, 6) is 1.51. The number of rotatable bonds is 4. The zero-order valence-electron chi connectivity index (χ0n) is 18.1. The van der Waals surface area contributed by atoms with Crippen LogP contribution in [0.2, 0.25) is 0 Å². The van der Waals surface area contributed by atoms with Gasteiger partial charge in [0, 0.05) is 38.4 Å². The topological polar surface area (TPSA) is 18.5 Å². The van der Waals surface area contributed by atoms with Crippen molar-refractivity contribution < 1.29 is 9.05 Å². The Kier molecular flexibility index (Phi) is 8.73. The molecule has 2 nitrogen and oxygen atoms in total. The maximum absolute atomic E-state index is 6.22. The number of benzene rings is 2. The minimum absolute atomic E-state index is 0. The van der Waals surface area contributed by atoms with Crippen molar-refractivity contribution in [2.24, 2.45) is 0 Å². The van der Waals surface area contributed by atoms with Crippen molar-refractivity contribution in [2.75, 3.05) is 0 Å². The number of hydrogen-bond acceptors (Lipinski definition) is 3.